The lowest BCUT2D eigenvalue weighted by Crippen LogP contribution is -2.30. The minimum atomic E-state index is -0.883. The summed E-state index contributed by atoms with van der Waals surface area (Å²) in [7, 11) is 1.98. The second kappa shape index (κ2) is 6.54. The molecule has 6 heteroatoms. The van der Waals surface area contributed by atoms with Gasteiger partial charge in [0.15, 0.2) is 5.13 Å². The summed E-state index contributed by atoms with van der Waals surface area (Å²) in [5, 5.41) is 10.1. The van der Waals surface area contributed by atoms with Crippen molar-refractivity contribution in [1.29, 1.82) is 0 Å². The summed E-state index contributed by atoms with van der Waals surface area (Å²) in [6.07, 6.45) is 2.27. The molecule has 0 radical (unpaired) electrons. The van der Waals surface area contributed by atoms with E-state index in [4.69, 9.17) is 4.74 Å². The standard InChI is InChI=1S/C14H22N2O3S/c1-9(2)11-12(13(17)18)20-14(15-11)16(3)7-10-5-4-6-19-8-10/h9-10H,4-8H2,1-3H3,(H,17,18). The molecular weight excluding hydrogens is 276 g/mol. The molecule has 1 aromatic rings. The molecule has 0 bridgehead atoms. The van der Waals surface area contributed by atoms with Crippen LogP contribution in [0.4, 0.5) is 5.13 Å². The first-order valence-corrected chi connectivity index (χ1v) is 7.83. The van der Waals surface area contributed by atoms with E-state index in [-0.39, 0.29) is 5.92 Å². The van der Waals surface area contributed by atoms with Gasteiger partial charge in [0.1, 0.15) is 4.88 Å². The number of aromatic carboxylic acids is 1. The molecule has 0 saturated carbocycles. The van der Waals surface area contributed by atoms with Crippen molar-refractivity contribution in [2.75, 3.05) is 31.7 Å². The molecule has 0 aliphatic carbocycles. The van der Waals surface area contributed by atoms with Gasteiger partial charge in [0.2, 0.25) is 0 Å². The molecule has 112 valence electrons. The molecule has 1 aliphatic heterocycles. The van der Waals surface area contributed by atoms with Gasteiger partial charge in [0.25, 0.3) is 0 Å². The van der Waals surface area contributed by atoms with Crippen molar-refractivity contribution >= 4 is 22.4 Å². The van der Waals surface area contributed by atoms with E-state index in [1.54, 1.807) is 0 Å². The number of hydrogen-bond donors (Lipinski definition) is 1. The summed E-state index contributed by atoms with van der Waals surface area (Å²) in [4.78, 5) is 18.2. The van der Waals surface area contributed by atoms with E-state index in [1.165, 1.54) is 17.8 Å². The Balaban J connectivity index is 2.11. The Hall–Kier alpha value is -1.14. The van der Waals surface area contributed by atoms with Gasteiger partial charge in [-0.05, 0) is 24.7 Å². The first kappa shape index (κ1) is 15.3. The number of aromatic nitrogens is 1. The Morgan fingerprint density at radius 1 is 1.60 bits per heavy atom. The highest BCUT2D eigenvalue weighted by Gasteiger charge is 2.23. The van der Waals surface area contributed by atoms with Gasteiger partial charge in [0, 0.05) is 20.2 Å². The van der Waals surface area contributed by atoms with Crippen molar-refractivity contribution < 1.29 is 14.6 Å². The van der Waals surface area contributed by atoms with Gasteiger partial charge in [-0.25, -0.2) is 9.78 Å². The van der Waals surface area contributed by atoms with Gasteiger partial charge in [-0.15, -0.1) is 0 Å². The highest BCUT2D eigenvalue weighted by Crippen LogP contribution is 2.31. The van der Waals surface area contributed by atoms with Crippen molar-refractivity contribution in [2.24, 2.45) is 5.92 Å². The van der Waals surface area contributed by atoms with Crippen LogP contribution < -0.4 is 4.90 Å². The SMILES string of the molecule is CC(C)c1nc(N(C)CC2CCCOC2)sc1C(=O)O. The van der Waals surface area contributed by atoms with Crippen LogP contribution in [-0.2, 0) is 4.74 Å². The summed E-state index contributed by atoms with van der Waals surface area (Å²) in [6, 6.07) is 0. The average Bonchev–Trinajstić information content (AvgIpc) is 2.85. The van der Waals surface area contributed by atoms with Crippen molar-refractivity contribution in [2.45, 2.75) is 32.6 Å². The topological polar surface area (TPSA) is 62.7 Å². The third-order valence-electron chi connectivity index (χ3n) is 3.50. The van der Waals surface area contributed by atoms with Gasteiger partial charge in [-0.3, -0.25) is 0 Å². The molecule has 2 rings (SSSR count). The van der Waals surface area contributed by atoms with Crippen molar-refractivity contribution in [1.82, 2.24) is 4.98 Å². The van der Waals surface area contributed by atoms with E-state index >= 15 is 0 Å². The summed E-state index contributed by atoms with van der Waals surface area (Å²) < 4.78 is 5.49. The van der Waals surface area contributed by atoms with E-state index in [0.717, 1.165) is 31.3 Å². The van der Waals surface area contributed by atoms with Crippen LogP contribution in [0.3, 0.4) is 0 Å². The van der Waals surface area contributed by atoms with Crippen LogP contribution >= 0.6 is 11.3 Å². The molecule has 0 amide bonds. The number of nitrogens with zero attached hydrogens (tertiary/aromatic N) is 2. The molecular formula is C14H22N2O3S. The van der Waals surface area contributed by atoms with E-state index in [2.05, 4.69) is 9.88 Å². The van der Waals surface area contributed by atoms with Crippen LogP contribution in [0.1, 0.15) is 48.0 Å². The van der Waals surface area contributed by atoms with Crippen LogP contribution in [0.5, 0.6) is 0 Å². The van der Waals surface area contributed by atoms with Crippen molar-refractivity contribution in [3.8, 4) is 0 Å². The Kier molecular flexibility index (Phi) is 4.99. The predicted octanol–water partition coefficient (Wildman–Crippen LogP) is 2.83. The van der Waals surface area contributed by atoms with Crippen molar-refractivity contribution in [3.63, 3.8) is 0 Å². The Bertz CT molecular complexity index is 467. The number of thiazole rings is 1. The van der Waals surface area contributed by atoms with Crippen LogP contribution in [0.2, 0.25) is 0 Å². The molecule has 5 nitrogen and oxygen atoms in total. The number of carbonyl (C=O) groups is 1. The third kappa shape index (κ3) is 3.49. The van der Waals surface area contributed by atoms with E-state index in [9.17, 15) is 9.90 Å². The lowest BCUT2D eigenvalue weighted by Gasteiger charge is -2.26. The lowest BCUT2D eigenvalue weighted by molar-refractivity contribution is 0.0576. The third-order valence-corrected chi connectivity index (χ3v) is 4.67. The number of rotatable bonds is 5. The first-order chi connectivity index (χ1) is 9.49. The van der Waals surface area contributed by atoms with Gasteiger partial charge in [-0.2, -0.15) is 0 Å². The quantitative estimate of drug-likeness (QED) is 0.905. The highest BCUT2D eigenvalue weighted by molar-refractivity contribution is 7.17. The molecule has 0 aromatic carbocycles. The summed E-state index contributed by atoms with van der Waals surface area (Å²) in [6.45, 7) is 6.46. The fourth-order valence-electron chi connectivity index (χ4n) is 2.44. The molecule has 1 aromatic heterocycles. The lowest BCUT2D eigenvalue weighted by atomic mass is 10.0. The maximum absolute atomic E-state index is 11.3. The predicted molar refractivity (Wildman–Crippen MR) is 80.0 cm³/mol. The normalized spacial score (nSPS) is 19.3. The van der Waals surface area contributed by atoms with Crippen LogP contribution in [0.15, 0.2) is 0 Å². The first-order valence-electron chi connectivity index (χ1n) is 7.02. The molecule has 1 atom stereocenters. The Morgan fingerprint density at radius 3 is 2.85 bits per heavy atom. The Morgan fingerprint density at radius 2 is 2.35 bits per heavy atom. The fourth-order valence-corrected chi connectivity index (χ4v) is 3.47. The second-order valence-corrected chi connectivity index (χ2v) is 6.61. The number of anilines is 1. The largest absolute Gasteiger partial charge is 0.477 e. The van der Waals surface area contributed by atoms with Gasteiger partial charge in [0.05, 0.1) is 12.3 Å². The maximum atomic E-state index is 11.3. The molecule has 1 saturated heterocycles. The zero-order chi connectivity index (χ0) is 14.7. The Labute approximate surface area is 123 Å². The molecule has 1 N–H and O–H groups in total. The second-order valence-electron chi connectivity index (χ2n) is 5.63. The van der Waals surface area contributed by atoms with Crippen LogP contribution in [0.25, 0.3) is 0 Å². The smallest absolute Gasteiger partial charge is 0.347 e. The van der Waals surface area contributed by atoms with Gasteiger partial charge >= 0.3 is 5.97 Å². The number of carboxylic acid groups (broad SMARTS) is 1. The molecule has 1 fully saturated rings. The van der Waals surface area contributed by atoms with Crippen molar-refractivity contribution in [3.05, 3.63) is 10.6 Å². The molecule has 0 spiro atoms. The van der Waals surface area contributed by atoms with Gasteiger partial charge in [-0.1, -0.05) is 25.2 Å². The maximum Gasteiger partial charge on any atom is 0.347 e. The fraction of sp³-hybridized carbons (Fsp3) is 0.714. The molecule has 2 heterocycles. The number of ether oxygens (including phenoxy) is 1. The summed E-state index contributed by atoms with van der Waals surface area (Å²) in [5.74, 6) is -0.252. The zero-order valence-electron chi connectivity index (χ0n) is 12.3. The minimum absolute atomic E-state index is 0.123. The molecule has 1 aliphatic rings. The number of carboxylic acids is 1. The highest BCUT2D eigenvalue weighted by atomic mass is 32.1. The van der Waals surface area contributed by atoms with Crippen LogP contribution in [0, 0.1) is 5.92 Å². The number of hydrogen-bond acceptors (Lipinski definition) is 5. The van der Waals surface area contributed by atoms with Gasteiger partial charge < -0.3 is 14.7 Å². The molecule has 1 unspecified atom stereocenters. The minimum Gasteiger partial charge on any atom is -0.477 e. The summed E-state index contributed by atoms with van der Waals surface area (Å²) in [5.41, 5.74) is 0.684. The zero-order valence-corrected chi connectivity index (χ0v) is 13.1. The van der Waals surface area contributed by atoms with E-state index in [1.807, 2.05) is 20.9 Å². The molecule has 20 heavy (non-hydrogen) atoms. The van der Waals surface area contributed by atoms with E-state index < -0.39 is 5.97 Å². The van der Waals surface area contributed by atoms with E-state index in [0.29, 0.717) is 16.5 Å². The monoisotopic (exact) mass is 298 g/mol. The summed E-state index contributed by atoms with van der Waals surface area (Å²) >= 11 is 1.27. The average molecular weight is 298 g/mol. The van der Waals surface area contributed by atoms with Crippen LogP contribution in [-0.4, -0.2) is 42.9 Å².